The van der Waals surface area contributed by atoms with Crippen LogP contribution in [0.3, 0.4) is 0 Å². The van der Waals surface area contributed by atoms with Gasteiger partial charge >= 0.3 is 0 Å². The quantitative estimate of drug-likeness (QED) is 0.475. The first-order chi connectivity index (χ1) is 17.5. The van der Waals surface area contributed by atoms with Crippen molar-refractivity contribution in [3.8, 4) is 23.3 Å². The van der Waals surface area contributed by atoms with Crippen molar-refractivity contribution in [1.82, 2.24) is 4.90 Å². The van der Waals surface area contributed by atoms with E-state index in [1.54, 1.807) is 54.6 Å². The average Bonchev–Trinajstić information content (AvgIpc) is 3.49. The number of carbonyl (C=O) groups is 3. The molecule has 36 heavy (non-hydrogen) atoms. The minimum Gasteiger partial charge on any atom is -0.484 e. The van der Waals surface area contributed by atoms with E-state index in [4.69, 9.17) is 19.5 Å². The van der Waals surface area contributed by atoms with Crippen LogP contribution in [0.2, 0.25) is 0 Å². The van der Waals surface area contributed by atoms with E-state index >= 15 is 0 Å². The van der Waals surface area contributed by atoms with Crippen molar-refractivity contribution < 1.29 is 28.6 Å². The number of anilines is 1. The molecule has 0 N–H and O–H groups in total. The number of hydrogen-bond acceptors (Lipinski definition) is 7. The second-order valence-corrected chi connectivity index (χ2v) is 8.26. The second-order valence-electron chi connectivity index (χ2n) is 8.26. The van der Waals surface area contributed by atoms with Gasteiger partial charge in [0.05, 0.1) is 23.7 Å². The Labute approximate surface area is 207 Å². The van der Waals surface area contributed by atoms with Crippen molar-refractivity contribution in [2.75, 3.05) is 18.3 Å². The molecule has 2 heterocycles. The van der Waals surface area contributed by atoms with Crippen LogP contribution in [-0.4, -0.2) is 42.1 Å². The Bertz CT molecular complexity index is 1350. The van der Waals surface area contributed by atoms with E-state index in [1.165, 1.54) is 17.0 Å². The van der Waals surface area contributed by atoms with Crippen LogP contribution in [-0.2, 0) is 20.9 Å². The molecule has 180 valence electrons. The third-order valence-electron chi connectivity index (χ3n) is 5.97. The maximum atomic E-state index is 13.4. The molecule has 0 aliphatic carbocycles. The fourth-order valence-corrected chi connectivity index (χ4v) is 4.17. The number of rotatable bonds is 7. The van der Waals surface area contributed by atoms with Gasteiger partial charge in [-0.25, -0.2) is 4.90 Å². The zero-order chi connectivity index (χ0) is 25.1. The van der Waals surface area contributed by atoms with E-state index in [0.717, 1.165) is 4.90 Å². The Balaban J connectivity index is 1.40. The molecule has 0 saturated carbocycles. The molecule has 0 radical (unpaired) electrons. The first kappa shape index (κ1) is 22.9. The Kier molecular flexibility index (Phi) is 6.24. The highest BCUT2D eigenvalue weighted by Crippen LogP contribution is 2.34. The molecule has 2 aliphatic rings. The summed E-state index contributed by atoms with van der Waals surface area (Å²) in [4.78, 5) is 42.1. The molecule has 1 saturated heterocycles. The van der Waals surface area contributed by atoms with Crippen molar-refractivity contribution in [3.05, 3.63) is 83.9 Å². The highest BCUT2D eigenvalue weighted by Gasteiger charge is 2.44. The lowest BCUT2D eigenvalue weighted by Crippen LogP contribution is -2.46. The Morgan fingerprint density at radius 1 is 1.03 bits per heavy atom. The minimum absolute atomic E-state index is 0.0680. The normalized spacial score (nSPS) is 16.1. The third-order valence-corrected chi connectivity index (χ3v) is 5.97. The van der Waals surface area contributed by atoms with Crippen LogP contribution >= 0.6 is 0 Å². The highest BCUT2D eigenvalue weighted by atomic mass is 16.7. The summed E-state index contributed by atoms with van der Waals surface area (Å²) in [7, 11) is 0. The van der Waals surface area contributed by atoms with Crippen LogP contribution in [0.25, 0.3) is 0 Å². The average molecular weight is 483 g/mol. The number of imide groups is 1. The Morgan fingerprint density at radius 2 is 1.78 bits per heavy atom. The van der Waals surface area contributed by atoms with E-state index in [0.29, 0.717) is 34.1 Å². The minimum atomic E-state index is -1.01. The second kappa shape index (κ2) is 9.80. The molecule has 9 nitrogen and oxygen atoms in total. The summed E-state index contributed by atoms with van der Waals surface area (Å²) in [6.45, 7) is -0.122. The van der Waals surface area contributed by atoms with Gasteiger partial charge in [0.15, 0.2) is 18.1 Å². The summed E-state index contributed by atoms with van der Waals surface area (Å²) in [5, 5.41) is 9.03. The lowest BCUT2D eigenvalue weighted by atomic mass is 10.1. The van der Waals surface area contributed by atoms with Crippen LogP contribution < -0.4 is 19.1 Å². The Morgan fingerprint density at radius 3 is 2.53 bits per heavy atom. The van der Waals surface area contributed by atoms with Gasteiger partial charge in [0, 0.05) is 6.54 Å². The Hall–Kier alpha value is -4.84. The fourth-order valence-electron chi connectivity index (χ4n) is 4.17. The number of fused-ring (bicyclic) bond motifs is 1. The molecule has 3 aromatic rings. The van der Waals surface area contributed by atoms with Gasteiger partial charge in [0.25, 0.3) is 11.8 Å². The van der Waals surface area contributed by atoms with Crippen LogP contribution in [0, 0.1) is 11.3 Å². The molecular formula is C27H21N3O6. The van der Waals surface area contributed by atoms with E-state index in [2.05, 4.69) is 0 Å². The molecule has 5 rings (SSSR count). The number of nitrogens with zero attached hydrogens (tertiary/aromatic N) is 3. The predicted octanol–water partition coefficient (Wildman–Crippen LogP) is 3.03. The monoisotopic (exact) mass is 483 g/mol. The lowest BCUT2D eigenvalue weighted by molar-refractivity contribution is -0.140. The molecule has 0 aromatic heterocycles. The van der Waals surface area contributed by atoms with Gasteiger partial charge in [-0.15, -0.1) is 0 Å². The van der Waals surface area contributed by atoms with E-state index in [1.807, 2.05) is 12.1 Å². The summed E-state index contributed by atoms with van der Waals surface area (Å²) < 4.78 is 16.4. The van der Waals surface area contributed by atoms with E-state index in [-0.39, 0.29) is 26.4 Å². The standard InChI is InChI=1S/C27H21N3O6/c28-14-18-6-9-20(10-7-18)30-25(31)13-22(27(30)33)29(26(32)16-34-21-4-2-1-3-5-21)15-19-8-11-23-24(12-19)36-17-35-23/h1-12,22H,13,15-17H2. The molecule has 1 fully saturated rings. The van der Waals surface area contributed by atoms with E-state index < -0.39 is 23.8 Å². The molecule has 0 bridgehead atoms. The molecule has 3 amide bonds. The summed E-state index contributed by atoms with van der Waals surface area (Å²) in [5.41, 5.74) is 1.47. The van der Waals surface area contributed by atoms with Crippen molar-refractivity contribution in [2.24, 2.45) is 0 Å². The number of benzene rings is 3. The van der Waals surface area contributed by atoms with Gasteiger partial charge in [0.1, 0.15) is 11.8 Å². The van der Waals surface area contributed by atoms with Gasteiger partial charge in [0.2, 0.25) is 12.7 Å². The number of ether oxygens (including phenoxy) is 3. The highest BCUT2D eigenvalue weighted by molar-refractivity contribution is 6.23. The number of carbonyl (C=O) groups excluding carboxylic acids is 3. The van der Waals surface area contributed by atoms with Crippen LogP contribution in [0.1, 0.15) is 17.5 Å². The predicted molar refractivity (Wildman–Crippen MR) is 127 cm³/mol. The first-order valence-electron chi connectivity index (χ1n) is 11.3. The first-order valence-corrected chi connectivity index (χ1v) is 11.3. The van der Waals surface area contributed by atoms with E-state index in [9.17, 15) is 14.4 Å². The molecule has 9 heteroatoms. The molecular weight excluding hydrogens is 462 g/mol. The number of hydrogen-bond donors (Lipinski definition) is 0. The summed E-state index contributed by atoms with van der Waals surface area (Å²) in [6.07, 6.45) is -0.166. The van der Waals surface area contributed by atoms with Gasteiger partial charge < -0.3 is 19.1 Å². The summed E-state index contributed by atoms with van der Waals surface area (Å²) in [6, 6.07) is 21.3. The van der Waals surface area contributed by atoms with Gasteiger partial charge in [-0.05, 0) is 54.1 Å². The maximum absolute atomic E-state index is 13.4. The topological polar surface area (TPSA) is 109 Å². The molecule has 1 unspecified atom stereocenters. The van der Waals surface area contributed by atoms with Crippen LogP contribution in [0.15, 0.2) is 72.8 Å². The maximum Gasteiger partial charge on any atom is 0.261 e. The lowest BCUT2D eigenvalue weighted by Gasteiger charge is -2.28. The summed E-state index contributed by atoms with van der Waals surface area (Å²) >= 11 is 0. The SMILES string of the molecule is N#Cc1ccc(N2C(=O)CC(N(Cc3ccc4c(c3)OCO4)C(=O)COc3ccccc3)C2=O)cc1. The number of amides is 3. The number of nitriles is 1. The number of para-hydroxylation sites is 1. The van der Waals surface area contributed by atoms with Crippen LogP contribution in [0.5, 0.6) is 17.2 Å². The molecule has 3 aromatic carbocycles. The zero-order valence-electron chi connectivity index (χ0n) is 19.1. The third kappa shape index (κ3) is 4.57. The van der Waals surface area contributed by atoms with Crippen LogP contribution in [0.4, 0.5) is 5.69 Å². The van der Waals surface area contributed by atoms with Crippen molar-refractivity contribution in [3.63, 3.8) is 0 Å². The van der Waals surface area contributed by atoms with Gasteiger partial charge in [-0.1, -0.05) is 24.3 Å². The fraction of sp³-hybridized carbons (Fsp3) is 0.185. The zero-order valence-corrected chi connectivity index (χ0v) is 19.1. The van der Waals surface area contributed by atoms with Gasteiger partial charge in [-0.2, -0.15) is 5.26 Å². The van der Waals surface area contributed by atoms with Crippen molar-refractivity contribution >= 4 is 23.4 Å². The van der Waals surface area contributed by atoms with Gasteiger partial charge in [-0.3, -0.25) is 14.4 Å². The summed E-state index contributed by atoms with van der Waals surface area (Å²) in [5.74, 6) is 0.281. The molecule has 1 atom stereocenters. The van der Waals surface area contributed by atoms with Crippen molar-refractivity contribution in [1.29, 1.82) is 5.26 Å². The largest absolute Gasteiger partial charge is 0.484 e. The molecule has 0 spiro atoms. The van der Waals surface area contributed by atoms with Crippen molar-refractivity contribution in [2.45, 2.75) is 19.0 Å². The smallest absolute Gasteiger partial charge is 0.261 e. The molecule has 2 aliphatic heterocycles.